The molecule has 114 valence electrons. The molecule has 3 rings (SSSR count). The van der Waals surface area contributed by atoms with Gasteiger partial charge < -0.3 is 5.32 Å². The van der Waals surface area contributed by atoms with Crippen molar-refractivity contribution in [2.45, 2.75) is 19.9 Å². The Hall–Kier alpha value is -1.44. The molecule has 0 radical (unpaired) electrons. The summed E-state index contributed by atoms with van der Waals surface area (Å²) >= 11 is 10.7. The van der Waals surface area contributed by atoms with Gasteiger partial charge in [-0.15, -0.1) is 0 Å². The van der Waals surface area contributed by atoms with Crippen LogP contribution in [0.3, 0.4) is 0 Å². The maximum absolute atomic E-state index is 12.4. The Labute approximate surface area is 144 Å². The first-order valence-electron chi connectivity index (χ1n) is 6.52. The maximum Gasteiger partial charge on any atom is 0.250 e. The molecule has 1 unspecified atom stereocenters. The number of amides is 1. The first-order valence-corrected chi connectivity index (χ1v) is 8.51. The molecular formula is C14H12BrClN4OS. The van der Waals surface area contributed by atoms with E-state index in [9.17, 15) is 4.79 Å². The molecule has 1 atom stereocenters. The van der Waals surface area contributed by atoms with Gasteiger partial charge in [-0.1, -0.05) is 22.9 Å². The fourth-order valence-corrected chi connectivity index (χ4v) is 3.48. The van der Waals surface area contributed by atoms with Gasteiger partial charge in [0.15, 0.2) is 5.13 Å². The molecule has 0 saturated heterocycles. The summed E-state index contributed by atoms with van der Waals surface area (Å²) in [4.78, 5) is 16.8. The molecule has 8 heteroatoms. The van der Waals surface area contributed by atoms with E-state index in [2.05, 4.69) is 31.3 Å². The zero-order chi connectivity index (χ0) is 15.9. The lowest BCUT2D eigenvalue weighted by Gasteiger charge is -2.13. The number of carbonyl (C=O) groups is 1. The Morgan fingerprint density at radius 2 is 2.27 bits per heavy atom. The maximum atomic E-state index is 12.4. The fraction of sp³-hybridized carbons (Fsp3) is 0.214. The number of nitrogens with one attached hydrogen (secondary N) is 1. The van der Waals surface area contributed by atoms with Crippen LogP contribution in [0.2, 0.25) is 5.02 Å². The third kappa shape index (κ3) is 2.88. The summed E-state index contributed by atoms with van der Waals surface area (Å²) in [6, 6.07) is 5.02. The zero-order valence-corrected chi connectivity index (χ0v) is 15.0. The van der Waals surface area contributed by atoms with Gasteiger partial charge in [0.1, 0.15) is 6.04 Å². The summed E-state index contributed by atoms with van der Waals surface area (Å²) < 4.78 is 3.49. The second-order valence-electron chi connectivity index (χ2n) is 4.82. The van der Waals surface area contributed by atoms with Crippen LogP contribution < -0.4 is 5.32 Å². The molecule has 2 heterocycles. The van der Waals surface area contributed by atoms with Gasteiger partial charge in [-0.3, -0.25) is 9.48 Å². The van der Waals surface area contributed by atoms with Gasteiger partial charge >= 0.3 is 0 Å². The van der Waals surface area contributed by atoms with Gasteiger partial charge in [0.05, 0.1) is 26.6 Å². The predicted molar refractivity (Wildman–Crippen MR) is 92.6 cm³/mol. The first-order chi connectivity index (χ1) is 10.5. The summed E-state index contributed by atoms with van der Waals surface area (Å²) in [6.07, 6.45) is 1.68. The van der Waals surface area contributed by atoms with Crippen LogP contribution in [0.15, 0.2) is 28.9 Å². The molecule has 5 nitrogen and oxygen atoms in total. The van der Waals surface area contributed by atoms with E-state index in [0.717, 1.165) is 20.4 Å². The monoisotopic (exact) mass is 398 g/mol. The van der Waals surface area contributed by atoms with Gasteiger partial charge in [-0.25, -0.2) is 4.98 Å². The number of hydrogen-bond acceptors (Lipinski definition) is 4. The minimum atomic E-state index is -0.429. The molecule has 1 N–H and O–H groups in total. The standard InChI is InChI=1S/C14H12BrClN4OS/c1-7-10(15)6-17-20(7)8(2)13(21)19-14-18-11-4-3-9(16)5-12(11)22-14/h3-6,8H,1-2H3,(H,18,19,21). The van der Waals surface area contributed by atoms with Crippen LogP contribution in [-0.2, 0) is 4.79 Å². The third-order valence-corrected chi connectivity index (χ3v) is 5.26. The van der Waals surface area contributed by atoms with Crippen molar-refractivity contribution >= 4 is 60.1 Å². The number of aromatic nitrogens is 3. The summed E-state index contributed by atoms with van der Waals surface area (Å²) in [6.45, 7) is 3.70. The first kappa shape index (κ1) is 15.5. The van der Waals surface area contributed by atoms with E-state index in [1.54, 1.807) is 23.9 Å². The van der Waals surface area contributed by atoms with Gasteiger partial charge in [0, 0.05) is 5.02 Å². The Morgan fingerprint density at radius 3 is 2.95 bits per heavy atom. The van der Waals surface area contributed by atoms with Crippen LogP contribution in [0.25, 0.3) is 10.2 Å². The number of hydrogen-bond donors (Lipinski definition) is 1. The molecule has 0 fully saturated rings. The van der Waals surface area contributed by atoms with E-state index in [1.165, 1.54) is 11.3 Å². The van der Waals surface area contributed by atoms with Crippen molar-refractivity contribution in [2.75, 3.05) is 5.32 Å². The number of carbonyl (C=O) groups excluding carboxylic acids is 1. The summed E-state index contributed by atoms with van der Waals surface area (Å²) in [5.41, 5.74) is 1.72. The Kier molecular flexibility index (Phi) is 4.20. The lowest BCUT2D eigenvalue weighted by molar-refractivity contribution is -0.119. The Morgan fingerprint density at radius 1 is 1.50 bits per heavy atom. The van der Waals surface area contributed by atoms with Crippen LogP contribution in [0.1, 0.15) is 18.7 Å². The lowest BCUT2D eigenvalue weighted by atomic mass is 10.3. The fourth-order valence-electron chi connectivity index (χ4n) is 2.07. The summed E-state index contributed by atoms with van der Waals surface area (Å²) in [5, 5.41) is 8.25. The van der Waals surface area contributed by atoms with Crippen molar-refractivity contribution < 1.29 is 4.79 Å². The predicted octanol–water partition coefficient (Wildman–Crippen LogP) is 4.42. The molecule has 1 amide bonds. The second kappa shape index (κ2) is 5.98. The van der Waals surface area contributed by atoms with Crippen molar-refractivity contribution in [3.63, 3.8) is 0 Å². The number of thiazole rings is 1. The van der Waals surface area contributed by atoms with Crippen LogP contribution in [0, 0.1) is 6.92 Å². The minimum Gasteiger partial charge on any atom is -0.300 e. The van der Waals surface area contributed by atoms with Gasteiger partial charge in [0.2, 0.25) is 0 Å². The number of benzene rings is 1. The third-order valence-electron chi connectivity index (χ3n) is 3.31. The highest BCUT2D eigenvalue weighted by atomic mass is 79.9. The topological polar surface area (TPSA) is 59.8 Å². The molecule has 0 aliphatic rings. The van der Waals surface area contributed by atoms with Gasteiger partial charge in [-0.2, -0.15) is 5.10 Å². The molecule has 0 spiro atoms. The number of fused-ring (bicyclic) bond motifs is 1. The molecule has 0 bridgehead atoms. The number of nitrogens with zero attached hydrogens (tertiary/aromatic N) is 3. The van der Waals surface area contributed by atoms with Crippen molar-refractivity contribution in [1.29, 1.82) is 0 Å². The molecule has 0 saturated carbocycles. The van der Waals surface area contributed by atoms with Crippen molar-refractivity contribution in [1.82, 2.24) is 14.8 Å². The summed E-state index contributed by atoms with van der Waals surface area (Å²) in [5.74, 6) is -0.163. The largest absolute Gasteiger partial charge is 0.300 e. The SMILES string of the molecule is Cc1c(Br)cnn1C(C)C(=O)Nc1nc2ccc(Cl)cc2s1. The quantitative estimate of drug-likeness (QED) is 0.709. The van der Waals surface area contributed by atoms with Crippen molar-refractivity contribution in [3.05, 3.63) is 39.6 Å². The molecular weight excluding hydrogens is 388 g/mol. The average molecular weight is 400 g/mol. The van der Waals surface area contributed by atoms with Crippen LogP contribution in [0.4, 0.5) is 5.13 Å². The Bertz CT molecular complexity index is 860. The van der Waals surface area contributed by atoms with E-state index in [1.807, 2.05) is 19.1 Å². The number of halogens is 2. The van der Waals surface area contributed by atoms with Crippen molar-refractivity contribution in [2.24, 2.45) is 0 Å². The van der Waals surface area contributed by atoms with Gasteiger partial charge in [0.25, 0.3) is 5.91 Å². The molecule has 1 aromatic carbocycles. The van der Waals surface area contributed by atoms with Crippen LogP contribution in [0.5, 0.6) is 0 Å². The molecule has 22 heavy (non-hydrogen) atoms. The molecule has 2 aromatic heterocycles. The number of rotatable bonds is 3. The van der Waals surface area contributed by atoms with E-state index in [4.69, 9.17) is 11.6 Å². The van der Waals surface area contributed by atoms with E-state index < -0.39 is 6.04 Å². The Balaban J connectivity index is 1.81. The summed E-state index contributed by atoms with van der Waals surface area (Å²) in [7, 11) is 0. The molecule has 0 aliphatic heterocycles. The van der Waals surface area contributed by atoms with E-state index in [-0.39, 0.29) is 5.91 Å². The minimum absolute atomic E-state index is 0.163. The smallest absolute Gasteiger partial charge is 0.250 e. The van der Waals surface area contributed by atoms with Crippen molar-refractivity contribution in [3.8, 4) is 0 Å². The average Bonchev–Trinajstić information content (AvgIpc) is 3.01. The van der Waals surface area contributed by atoms with Gasteiger partial charge in [-0.05, 0) is 48.0 Å². The van der Waals surface area contributed by atoms with E-state index in [0.29, 0.717) is 10.2 Å². The van der Waals surface area contributed by atoms with Crippen LogP contribution in [-0.4, -0.2) is 20.7 Å². The van der Waals surface area contributed by atoms with Crippen LogP contribution >= 0.6 is 38.9 Å². The highest BCUT2D eigenvalue weighted by Crippen LogP contribution is 2.29. The zero-order valence-electron chi connectivity index (χ0n) is 11.8. The molecule has 3 aromatic rings. The molecule has 0 aliphatic carbocycles. The lowest BCUT2D eigenvalue weighted by Crippen LogP contribution is -2.25. The highest BCUT2D eigenvalue weighted by molar-refractivity contribution is 9.10. The normalized spacial score (nSPS) is 12.5. The number of anilines is 1. The van der Waals surface area contributed by atoms with E-state index >= 15 is 0 Å². The second-order valence-corrected chi connectivity index (χ2v) is 7.14. The highest BCUT2D eigenvalue weighted by Gasteiger charge is 2.20.